The number of hydrogen-bond acceptors (Lipinski definition) is 3. The fraction of sp³-hybridized carbons (Fsp3) is 0.588. The predicted molar refractivity (Wildman–Crippen MR) is 88.1 cm³/mol. The van der Waals surface area contributed by atoms with E-state index in [-0.39, 0.29) is 18.4 Å². The summed E-state index contributed by atoms with van der Waals surface area (Å²) < 4.78 is 0. The van der Waals surface area contributed by atoms with Gasteiger partial charge in [-0.25, -0.2) is 0 Å². The van der Waals surface area contributed by atoms with E-state index in [1.807, 2.05) is 23.4 Å². The largest absolute Gasteiger partial charge is 0.384 e. The van der Waals surface area contributed by atoms with Crippen LogP contribution in [0.15, 0.2) is 11.4 Å². The smallest absolute Gasteiger partial charge is 0.225 e. The van der Waals surface area contributed by atoms with Crippen molar-refractivity contribution >= 4 is 17.2 Å². The molecule has 1 aromatic rings. The fourth-order valence-corrected chi connectivity index (χ4v) is 3.12. The zero-order chi connectivity index (χ0) is 15.7. The summed E-state index contributed by atoms with van der Waals surface area (Å²) in [5.41, 5.74) is 0.905. The molecule has 1 heterocycles. The number of thiophene rings is 1. The van der Waals surface area contributed by atoms with Crippen LogP contribution in [0, 0.1) is 17.8 Å². The van der Waals surface area contributed by atoms with Crippen molar-refractivity contribution in [3.63, 3.8) is 0 Å². The summed E-state index contributed by atoms with van der Waals surface area (Å²) in [6.45, 7) is 4.74. The summed E-state index contributed by atoms with van der Waals surface area (Å²) in [6.07, 6.45) is 4.12. The van der Waals surface area contributed by atoms with Crippen LogP contribution in [0.25, 0.3) is 0 Å². The average molecular weight is 307 g/mol. The lowest BCUT2D eigenvalue weighted by atomic mass is 9.98. The van der Waals surface area contributed by atoms with Gasteiger partial charge in [-0.1, -0.05) is 38.5 Å². The van der Waals surface area contributed by atoms with Crippen molar-refractivity contribution in [3.8, 4) is 11.8 Å². The van der Waals surface area contributed by atoms with Crippen LogP contribution < -0.4 is 0 Å². The molecule has 1 amide bonds. The minimum absolute atomic E-state index is 0.126. The Morgan fingerprint density at radius 2 is 2.24 bits per heavy atom. The SMILES string of the molecule is CCCCC(CC)C(=O)N(C)Cc1cc(C#CCO)cs1. The van der Waals surface area contributed by atoms with Gasteiger partial charge in [0.2, 0.25) is 5.91 Å². The number of hydrogen-bond donors (Lipinski definition) is 1. The van der Waals surface area contributed by atoms with E-state index >= 15 is 0 Å². The normalized spacial score (nSPS) is 11.6. The second kappa shape index (κ2) is 9.59. The summed E-state index contributed by atoms with van der Waals surface area (Å²) in [5, 5.41) is 10.7. The highest BCUT2D eigenvalue weighted by Gasteiger charge is 2.20. The Balaban J connectivity index is 2.60. The minimum atomic E-state index is -0.126. The molecule has 0 bridgehead atoms. The molecule has 21 heavy (non-hydrogen) atoms. The summed E-state index contributed by atoms with van der Waals surface area (Å²) in [6, 6.07) is 1.99. The van der Waals surface area contributed by atoms with Gasteiger partial charge in [-0.15, -0.1) is 11.3 Å². The van der Waals surface area contributed by atoms with E-state index in [0.29, 0.717) is 6.54 Å². The first-order valence-electron chi connectivity index (χ1n) is 7.54. The maximum Gasteiger partial charge on any atom is 0.225 e. The summed E-state index contributed by atoms with van der Waals surface area (Å²) in [5.74, 6) is 5.90. The number of amides is 1. The van der Waals surface area contributed by atoms with Gasteiger partial charge in [-0.05, 0) is 18.9 Å². The van der Waals surface area contributed by atoms with Crippen LogP contribution in [0.5, 0.6) is 0 Å². The van der Waals surface area contributed by atoms with Crippen LogP contribution >= 0.6 is 11.3 Å². The quantitative estimate of drug-likeness (QED) is 0.785. The lowest BCUT2D eigenvalue weighted by Gasteiger charge is -2.22. The Hall–Kier alpha value is -1.31. The van der Waals surface area contributed by atoms with Gasteiger partial charge in [-0.3, -0.25) is 4.79 Å². The molecule has 1 atom stereocenters. The van der Waals surface area contributed by atoms with Crippen LogP contribution in [-0.2, 0) is 11.3 Å². The molecule has 0 fully saturated rings. The summed E-state index contributed by atoms with van der Waals surface area (Å²) in [7, 11) is 1.87. The van der Waals surface area contributed by atoms with E-state index in [0.717, 1.165) is 36.1 Å². The third kappa shape index (κ3) is 5.91. The molecule has 0 spiro atoms. The highest BCUT2D eigenvalue weighted by atomic mass is 32.1. The molecule has 1 N–H and O–H groups in total. The molecule has 0 saturated heterocycles. The molecule has 1 aromatic heterocycles. The molecule has 0 saturated carbocycles. The topological polar surface area (TPSA) is 40.5 Å². The van der Waals surface area contributed by atoms with E-state index in [1.165, 1.54) is 0 Å². The van der Waals surface area contributed by atoms with Gasteiger partial charge in [0.05, 0.1) is 6.54 Å². The molecular weight excluding hydrogens is 282 g/mol. The van der Waals surface area contributed by atoms with Crippen molar-refractivity contribution in [2.75, 3.05) is 13.7 Å². The Labute approximate surface area is 132 Å². The van der Waals surface area contributed by atoms with Gasteiger partial charge in [0, 0.05) is 28.8 Å². The molecule has 1 rings (SSSR count). The Morgan fingerprint density at radius 3 is 2.86 bits per heavy atom. The number of aliphatic hydroxyl groups is 1. The van der Waals surface area contributed by atoms with Gasteiger partial charge >= 0.3 is 0 Å². The van der Waals surface area contributed by atoms with Crippen LogP contribution in [0.4, 0.5) is 0 Å². The molecule has 0 aliphatic rings. The predicted octanol–water partition coefficient (Wildman–Crippen LogP) is 3.27. The maximum absolute atomic E-state index is 12.4. The van der Waals surface area contributed by atoms with E-state index in [9.17, 15) is 4.79 Å². The molecule has 116 valence electrons. The number of unbranched alkanes of at least 4 members (excludes halogenated alkanes) is 1. The number of carbonyl (C=O) groups excluding carboxylic acids is 1. The summed E-state index contributed by atoms with van der Waals surface area (Å²) >= 11 is 1.60. The Morgan fingerprint density at radius 1 is 1.48 bits per heavy atom. The van der Waals surface area contributed by atoms with Crippen molar-refractivity contribution in [2.45, 2.75) is 46.1 Å². The Bertz CT molecular complexity index is 498. The van der Waals surface area contributed by atoms with Crippen LogP contribution in [-0.4, -0.2) is 29.6 Å². The van der Waals surface area contributed by atoms with Crippen molar-refractivity contribution < 1.29 is 9.90 Å². The van der Waals surface area contributed by atoms with Crippen molar-refractivity contribution in [1.29, 1.82) is 0 Å². The van der Waals surface area contributed by atoms with Crippen molar-refractivity contribution in [1.82, 2.24) is 4.90 Å². The van der Waals surface area contributed by atoms with E-state index in [2.05, 4.69) is 25.7 Å². The first kappa shape index (κ1) is 17.7. The zero-order valence-electron chi connectivity index (χ0n) is 13.2. The standard InChI is InChI=1S/C17H25NO2S/c1-4-6-9-15(5-2)17(20)18(3)12-16-11-14(13-21-16)8-7-10-19/h11,13,15,19H,4-6,9-10,12H2,1-3H3. The van der Waals surface area contributed by atoms with Gasteiger partial charge in [-0.2, -0.15) is 0 Å². The number of carbonyl (C=O) groups is 1. The third-order valence-electron chi connectivity index (χ3n) is 3.48. The highest BCUT2D eigenvalue weighted by molar-refractivity contribution is 7.10. The molecule has 3 nitrogen and oxygen atoms in total. The van der Waals surface area contributed by atoms with Crippen molar-refractivity contribution in [3.05, 3.63) is 21.9 Å². The van der Waals surface area contributed by atoms with Gasteiger partial charge in [0.15, 0.2) is 0 Å². The maximum atomic E-state index is 12.4. The molecule has 0 aromatic carbocycles. The van der Waals surface area contributed by atoms with E-state index in [1.54, 1.807) is 11.3 Å². The second-order valence-corrected chi connectivity index (χ2v) is 6.20. The number of rotatable bonds is 7. The number of nitrogens with zero attached hydrogens (tertiary/aromatic N) is 1. The fourth-order valence-electron chi connectivity index (χ4n) is 2.25. The molecule has 0 radical (unpaired) electrons. The third-order valence-corrected chi connectivity index (χ3v) is 4.40. The first-order chi connectivity index (χ1) is 10.1. The molecule has 0 aliphatic carbocycles. The van der Waals surface area contributed by atoms with Gasteiger partial charge in [0.1, 0.15) is 6.61 Å². The molecule has 1 unspecified atom stereocenters. The second-order valence-electron chi connectivity index (χ2n) is 5.20. The van der Waals surface area contributed by atoms with E-state index in [4.69, 9.17) is 5.11 Å². The summed E-state index contributed by atoms with van der Waals surface area (Å²) in [4.78, 5) is 15.4. The highest BCUT2D eigenvalue weighted by Crippen LogP contribution is 2.19. The van der Waals surface area contributed by atoms with Crippen molar-refractivity contribution in [2.24, 2.45) is 5.92 Å². The first-order valence-corrected chi connectivity index (χ1v) is 8.42. The Kier molecular flexibility index (Phi) is 8.11. The zero-order valence-corrected chi connectivity index (χ0v) is 14.0. The molecule has 4 heteroatoms. The monoisotopic (exact) mass is 307 g/mol. The van der Waals surface area contributed by atoms with Crippen LogP contribution in [0.1, 0.15) is 50.0 Å². The average Bonchev–Trinajstić information content (AvgIpc) is 2.93. The van der Waals surface area contributed by atoms with E-state index < -0.39 is 0 Å². The van der Waals surface area contributed by atoms with Crippen LogP contribution in [0.3, 0.4) is 0 Å². The van der Waals surface area contributed by atoms with Crippen LogP contribution in [0.2, 0.25) is 0 Å². The lowest BCUT2D eigenvalue weighted by Crippen LogP contribution is -2.32. The number of aliphatic hydroxyl groups excluding tert-OH is 1. The van der Waals surface area contributed by atoms with Gasteiger partial charge < -0.3 is 10.0 Å². The molecule has 0 aliphatic heterocycles. The minimum Gasteiger partial charge on any atom is -0.384 e. The van der Waals surface area contributed by atoms with Gasteiger partial charge in [0.25, 0.3) is 0 Å². The molecular formula is C17H25NO2S. The lowest BCUT2D eigenvalue weighted by molar-refractivity contribution is -0.135.